The van der Waals surface area contributed by atoms with Crippen LogP contribution < -0.4 is 4.72 Å². The molecular weight excluding hydrogens is 266 g/mol. The van der Waals surface area contributed by atoms with Crippen molar-refractivity contribution in [3.05, 3.63) is 41.3 Å². The number of carbonyl (C=O) groups is 1. The number of rotatable bonds is 6. The number of sulfonamides is 1. The summed E-state index contributed by atoms with van der Waals surface area (Å²) in [6.07, 6.45) is 0.617. The molecule has 0 aliphatic rings. The summed E-state index contributed by atoms with van der Waals surface area (Å²) < 4.78 is 30.2. The van der Waals surface area contributed by atoms with Crippen LogP contribution in [-0.4, -0.2) is 27.0 Å². The lowest BCUT2D eigenvalue weighted by Gasteiger charge is -2.10. The molecule has 5 nitrogen and oxygen atoms in total. The van der Waals surface area contributed by atoms with Crippen molar-refractivity contribution in [1.82, 2.24) is 4.72 Å². The van der Waals surface area contributed by atoms with E-state index in [-0.39, 0.29) is 0 Å². The van der Waals surface area contributed by atoms with E-state index in [1.54, 1.807) is 31.2 Å². The summed E-state index contributed by atoms with van der Waals surface area (Å²) in [4.78, 5) is 11.5. The lowest BCUT2D eigenvalue weighted by Crippen LogP contribution is -2.37. The molecule has 0 aromatic heterocycles. The van der Waals surface area contributed by atoms with E-state index in [0.717, 1.165) is 11.0 Å². The number of nitrogens with one attached hydrogen (secondary N) is 1. The van der Waals surface area contributed by atoms with E-state index < -0.39 is 22.0 Å². The molecule has 104 valence electrons. The van der Waals surface area contributed by atoms with Crippen molar-refractivity contribution in [1.29, 1.82) is 0 Å². The fourth-order valence-electron chi connectivity index (χ4n) is 1.32. The molecule has 0 saturated carbocycles. The predicted octanol–water partition coefficient (Wildman–Crippen LogP) is 1.53. The number of ether oxygens (including phenoxy) is 1. The molecule has 0 aliphatic heterocycles. The number of hydrogen-bond acceptors (Lipinski definition) is 4. The van der Waals surface area contributed by atoms with Gasteiger partial charge in [0.15, 0.2) is 0 Å². The van der Waals surface area contributed by atoms with Crippen LogP contribution in [0.3, 0.4) is 0 Å². The zero-order chi connectivity index (χ0) is 14.3. The van der Waals surface area contributed by atoms with Gasteiger partial charge in [-0.05, 0) is 25.5 Å². The van der Waals surface area contributed by atoms with Crippen LogP contribution in [0.2, 0.25) is 0 Å². The molecule has 1 rings (SSSR count). The lowest BCUT2D eigenvalue weighted by molar-refractivity contribution is -0.129. The summed E-state index contributed by atoms with van der Waals surface area (Å²) in [5.41, 5.74) is 0.734. The van der Waals surface area contributed by atoms with Crippen molar-refractivity contribution < 1.29 is 17.9 Å². The highest BCUT2D eigenvalue weighted by atomic mass is 32.2. The van der Waals surface area contributed by atoms with Gasteiger partial charge in [0.2, 0.25) is 0 Å². The monoisotopic (exact) mass is 283 g/mol. The Morgan fingerprint density at radius 2 is 2.00 bits per heavy atom. The highest BCUT2D eigenvalue weighted by Crippen LogP contribution is 2.03. The molecule has 1 aromatic rings. The minimum atomic E-state index is -3.80. The Morgan fingerprint density at radius 3 is 2.58 bits per heavy atom. The second-order valence-electron chi connectivity index (χ2n) is 3.82. The normalized spacial score (nSPS) is 13.4. The van der Waals surface area contributed by atoms with Gasteiger partial charge in [0.1, 0.15) is 6.10 Å². The van der Waals surface area contributed by atoms with Crippen molar-refractivity contribution in [2.45, 2.75) is 20.0 Å². The minimum absolute atomic E-state index is 0.342. The molecule has 1 amide bonds. The maximum absolute atomic E-state index is 11.6. The quantitative estimate of drug-likeness (QED) is 0.859. The summed E-state index contributed by atoms with van der Waals surface area (Å²) in [6.45, 7) is 3.57. The van der Waals surface area contributed by atoms with Crippen molar-refractivity contribution >= 4 is 22.0 Å². The van der Waals surface area contributed by atoms with Crippen molar-refractivity contribution in [3.8, 4) is 0 Å². The molecule has 1 aromatic carbocycles. The van der Waals surface area contributed by atoms with E-state index >= 15 is 0 Å². The first-order chi connectivity index (χ1) is 8.94. The van der Waals surface area contributed by atoms with Crippen LogP contribution in [0.1, 0.15) is 19.4 Å². The van der Waals surface area contributed by atoms with Gasteiger partial charge in [0.05, 0.1) is 5.41 Å². The fraction of sp³-hybridized carbons (Fsp3) is 0.308. The lowest BCUT2D eigenvalue weighted by atomic mass is 10.2. The van der Waals surface area contributed by atoms with Gasteiger partial charge < -0.3 is 4.74 Å². The molecule has 0 spiro atoms. The Hall–Kier alpha value is -1.66. The molecule has 0 heterocycles. The summed E-state index contributed by atoms with van der Waals surface area (Å²) in [5, 5.41) is 0.957. The summed E-state index contributed by atoms with van der Waals surface area (Å²) in [7, 11) is -3.80. The minimum Gasteiger partial charge on any atom is -0.369 e. The number of amides is 1. The van der Waals surface area contributed by atoms with E-state index in [2.05, 4.69) is 0 Å². The zero-order valence-corrected chi connectivity index (χ0v) is 11.7. The van der Waals surface area contributed by atoms with E-state index in [0.29, 0.717) is 6.61 Å². The first-order valence-corrected chi connectivity index (χ1v) is 7.40. The maximum atomic E-state index is 11.6. The SMILES string of the molecule is CCOC(C)C(=O)NS(=O)(=O)/C=C/c1ccccc1. The van der Waals surface area contributed by atoms with Crippen LogP contribution in [-0.2, 0) is 19.6 Å². The average molecular weight is 283 g/mol. The Morgan fingerprint density at radius 1 is 1.37 bits per heavy atom. The summed E-state index contributed by atoms with van der Waals surface area (Å²) in [6, 6.07) is 8.94. The second-order valence-corrected chi connectivity index (χ2v) is 5.39. The highest BCUT2D eigenvalue weighted by molar-refractivity contribution is 7.93. The summed E-state index contributed by atoms with van der Waals surface area (Å²) >= 11 is 0. The van der Waals surface area contributed by atoms with Gasteiger partial charge in [-0.1, -0.05) is 30.3 Å². The maximum Gasteiger partial charge on any atom is 0.262 e. The van der Waals surface area contributed by atoms with E-state index in [1.165, 1.54) is 13.0 Å². The molecule has 0 bridgehead atoms. The molecule has 0 saturated heterocycles. The van der Waals surface area contributed by atoms with Crippen molar-refractivity contribution in [3.63, 3.8) is 0 Å². The topological polar surface area (TPSA) is 72.5 Å². The predicted molar refractivity (Wildman–Crippen MR) is 73.6 cm³/mol. The van der Waals surface area contributed by atoms with E-state index in [1.807, 2.05) is 10.8 Å². The van der Waals surface area contributed by atoms with Crippen molar-refractivity contribution in [2.24, 2.45) is 0 Å². The fourth-order valence-corrected chi connectivity index (χ4v) is 2.17. The van der Waals surface area contributed by atoms with Gasteiger partial charge in [-0.25, -0.2) is 13.1 Å². The Labute approximate surface area is 113 Å². The van der Waals surface area contributed by atoms with Gasteiger partial charge in [-0.15, -0.1) is 0 Å². The third-order valence-electron chi connectivity index (χ3n) is 2.27. The summed E-state index contributed by atoms with van der Waals surface area (Å²) in [5.74, 6) is -0.681. The largest absolute Gasteiger partial charge is 0.369 e. The number of carbonyl (C=O) groups excluding carboxylic acids is 1. The van der Waals surface area contributed by atoms with Crippen LogP contribution in [0.4, 0.5) is 0 Å². The van der Waals surface area contributed by atoms with Crippen LogP contribution >= 0.6 is 0 Å². The Kier molecular flexibility index (Phi) is 5.72. The molecule has 19 heavy (non-hydrogen) atoms. The average Bonchev–Trinajstić information content (AvgIpc) is 2.37. The molecular formula is C13H17NO4S. The molecule has 0 radical (unpaired) electrons. The molecule has 0 aliphatic carbocycles. The van der Waals surface area contributed by atoms with Crippen molar-refractivity contribution in [2.75, 3.05) is 6.61 Å². The van der Waals surface area contributed by atoms with Crippen LogP contribution in [0.5, 0.6) is 0 Å². The Bertz CT molecular complexity index is 537. The zero-order valence-electron chi connectivity index (χ0n) is 10.9. The van der Waals surface area contributed by atoms with Crippen LogP contribution in [0, 0.1) is 0 Å². The van der Waals surface area contributed by atoms with Gasteiger partial charge in [0, 0.05) is 6.61 Å². The first-order valence-electron chi connectivity index (χ1n) is 5.86. The van der Waals surface area contributed by atoms with Gasteiger partial charge in [0.25, 0.3) is 15.9 Å². The highest BCUT2D eigenvalue weighted by Gasteiger charge is 2.17. The van der Waals surface area contributed by atoms with Crippen LogP contribution in [0.25, 0.3) is 6.08 Å². The molecule has 0 fully saturated rings. The Balaban J connectivity index is 2.67. The van der Waals surface area contributed by atoms with E-state index in [9.17, 15) is 13.2 Å². The van der Waals surface area contributed by atoms with Crippen LogP contribution in [0.15, 0.2) is 35.7 Å². The smallest absolute Gasteiger partial charge is 0.262 e. The second kappa shape index (κ2) is 7.06. The molecule has 1 atom stereocenters. The molecule has 1 unspecified atom stereocenters. The molecule has 1 N–H and O–H groups in total. The standard InChI is InChI=1S/C13H17NO4S/c1-3-18-11(2)13(15)14-19(16,17)10-9-12-7-5-4-6-8-12/h4-11H,3H2,1-2H3,(H,14,15)/b10-9+. The third kappa shape index (κ3) is 5.67. The van der Waals surface area contributed by atoms with Gasteiger partial charge >= 0.3 is 0 Å². The third-order valence-corrected chi connectivity index (χ3v) is 3.25. The number of hydrogen-bond donors (Lipinski definition) is 1. The number of benzene rings is 1. The first kappa shape index (κ1) is 15.4. The van der Waals surface area contributed by atoms with E-state index in [4.69, 9.17) is 4.74 Å². The van der Waals surface area contributed by atoms with Gasteiger partial charge in [-0.3, -0.25) is 4.79 Å². The van der Waals surface area contributed by atoms with Gasteiger partial charge in [-0.2, -0.15) is 0 Å². The molecule has 6 heteroatoms.